The van der Waals surface area contributed by atoms with E-state index in [1.165, 1.54) is 0 Å². The van der Waals surface area contributed by atoms with Crippen molar-refractivity contribution in [2.75, 3.05) is 0 Å². The predicted molar refractivity (Wildman–Crippen MR) is 58.8 cm³/mol. The number of fused-ring (bicyclic) bond motifs is 1. The van der Waals surface area contributed by atoms with E-state index in [9.17, 15) is 5.11 Å². The minimum Gasteiger partial charge on any atom is -0.366 e. The average molecular weight is 228 g/mol. The number of hydrogen-bond acceptors (Lipinski definition) is 4. The first kappa shape index (κ1) is 12.0. The van der Waals surface area contributed by atoms with Crippen LogP contribution >= 0.6 is 0 Å². The maximum atomic E-state index is 9.71. The second-order valence-electron chi connectivity index (χ2n) is 4.75. The van der Waals surface area contributed by atoms with Gasteiger partial charge in [0.15, 0.2) is 12.1 Å². The van der Waals surface area contributed by atoms with Gasteiger partial charge in [0, 0.05) is 0 Å². The van der Waals surface area contributed by atoms with E-state index >= 15 is 0 Å². The summed E-state index contributed by atoms with van der Waals surface area (Å²) in [5.41, 5.74) is 0. The average Bonchev–Trinajstić information content (AvgIpc) is 2.64. The summed E-state index contributed by atoms with van der Waals surface area (Å²) in [6, 6.07) is 0. The highest BCUT2D eigenvalue weighted by Gasteiger charge is 2.54. The lowest BCUT2D eigenvalue weighted by Gasteiger charge is -2.22. The molecular weight excluding hydrogens is 208 g/mol. The maximum Gasteiger partial charge on any atom is 0.184 e. The molecule has 16 heavy (non-hydrogen) atoms. The van der Waals surface area contributed by atoms with E-state index in [0.29, 0.717) is 0 Å². The zero-order valence-electron chi connectivity index (χ0n) is 10.1. The van der Waals surface area contributed by atoms with Crippen molar-refractivity contribution in [2.24, 2.45) is 0 Å². The SMILES string of the molecule is CC/C=C\C[C@H]1OC(O)[C@@H]2OC(C)(C)O[C@H]12. The Morgan fingerprint density at radius 1 is 1.19 bits per heavy atom. The second kappa shape index (κ2) is 4.45. The molecule has 4 atom stereocenters. The van der Waals surface area contributed by atoms with Crippen molar-refractivity contribution in [1.82, 2.24) is 0 Å². The summed E-state index contributed by atoms with van der Waals surface area (Å²) in [6.45, 7) is 5.80. The van der Waals surface area contributed by atoms with E-state index in [0.717, 1.165) is 12.8 Å². The van der Waals surface area contributed by atoms with Gasteiger partial charge in [-0.2, -0.15) is 0 Å². The van der Waals surface area contributed by atoms with Crippen LogP contribution in [0, 0.1) is 0 Å². The maximum absolute atomic E-state index is 9.71. The Hall–Kier alpha value is -0.420. The van der Waals surface area contributed by atoms with E-state index in [-0.39, 0.29) is 18.3 Å². The van der Waals surface area contributed by atoms with Crippen LogP contribution < -0.4 is 0 Å². The molecule has 0 bridgehead atoms. The molecule has 2 fully saturated rings. The third-order valence-electron chi connectivity index (χ3n) is 2.90. The molecule has 0 radical (unpaired) electrons. The van der Waals surface area contributed by atoms with Crippen LogP contribution in [0.1, 0.15) is 33.6 Å². The number of ether oxygens (including phenoxy) is 3. The molecule has 0 aromatic rings. The van der Waals surface area contributed by atoms with Gasteiger partial charge in [0.2, 0.25) is 0 Å². The number of hydrogen-bond donors (Lipinski definition) is 1. The number of allylic oxidation sites excluding steroid dienone is 1. The van der Waals surface area contributed by atoms with Crippen LogP contribution in [-0.4, -0.2) is 35.5 Å². The van der Waals surface area contributed by atoms with Crippen LogP contribution in [0.5, 0.6) is 0 Å². The Balaban J connectivity index is 1.99. The smallest absolute Gasteiger partial charge is 0.184 e. The fraction of sp³-hybridized carbons (Fsp3) is 0.833. The van der Waals surface area contributed by atoms with Gasteiger partial charge >= 0.3 is 0 Å². The first-order valence-corrected chi connectivity index (χ1v) is 5.87. The molecule has 4 heteroatoms. The van der Waals surface area contributed by atoms with Gasteiger partial charge in [-0.15, -0.1) is 0 Å². The highest BCUT2D eigenvalue weighted by molar-refractivity contribution is 4.98. The van der Waals surface area contributed by atoms with Crippen LogP contribution in [0.3, 0.4) is 0 Å². The van der Waals surface area contributed by atoms with Crippen molar-refractivity contribution in [2.45, 2.75) is 64.0 Å². The van der Waals surface area contributed by atoms with Gasteiger partial charge in [-0.25, -0.2) is 0 Å². The van der Waals surface area contributed by atoms with E-state index in [1.54, 1.807) is 0 Å². The zero-order valence-corrected chi connectivity index (χ0v) is 10.1. The Labute approximate surface area is 96.2 Å². The normalized spacial score (nSPS) is 41.8. The summed E-state index contributed by atoms with van der Waals surface area (Å²) >= 11 is 0. The predicted octanol–water partition coefficient (Wildman–Crippen LogP) is 1.58. The van der Waals surface area contributed by atoms with Crippen molar-refractivity contribution < 1.29 is 19.3 Å². The minimum absolute atomic E-state index is 0.107. The van der Waals surface area contributed by atoms with E-state index in [4.69, 9.17) is 14.2 Å². The zero-order chi connectivity index (χ0) is 11.8. The molecule has 1 N–H and O–H groups in total. The van der Waals surface area contributed by atoms with Gasteiger partial charge in [-0.1, -0.05) is 19.1 Å². The highest BCUT2D eigenvalue weighted by Crippen LogP contribution is 2.38. The first-order chi connectivity index (χ1) is 7.53. The molecule has 4 nitrogen and oxygen atoms in total. The van der Waals surface area contributed by atoms with Crippen LogP contribution in [0.2, 0.25) is 0 Å². The van der Waals surface area contributed by atoms with Crippen LogP contribution in [0.15, 0.2) is 12.2 Å². The molecule has 2 saturated heterocycles. The molecular formula is C12H20O4. The van der Waals surface area contributed by atoms with Crippen molar-refractivity contribution >= 4 is 0 Å². The quantitative estimate of drug-likeness (QED) is 0.745. The summed E-state index contributed by atoms with van der Waals surface area (Å²) in [5, 5.41) is 9.71. The van der Waals surface area contributed by atoms with Crippen molar-refractivity contribution in [3.8, 4) is 0 Å². The summed E-state index contributed by atoms with van der Waals surface area (Å²) in [7, 11) is 0. The van der Waals surface area contributed by atoms with Gasteiger partial charge in [-0.3, -0.25) is 0 Å². The van der Waals surface area contributed by atoms with Gasteiger partial charge in [0.25, 0.3) is 0 Å². The molecule has 0 aliphatic carbocycles. The summed E-state index contributed by atoms with van der Waals surface area (Å²) < 4.78 is 16.8. The lowest BCUT2D eigenvalue weighted by molar-refractivity contribution is -0.219. The molecule has 2 heterocycles. The third kappa shape index (κ3) is 2.30. The van der Waals surface area contributed by atoms with Crippen molar-refractivity contribution in [1.29, 1.82) is 0 Å². The van der Waals surface area contributed by atoms with Crippen molar-refractivity contribution in [3.63, 3.8) is 0 Å². The van der Waals surface area contributed by atoms with Gasteiger partial charge in [-0.05, 0) is 26.7 Å². The van der Waals surface area contributed by atoms with Crippen LogP contribution in [0.4, 0.5) is 0 Å². The van der Waals surface area contributed by atoms with E-state index in [1.807, 2.05) is 13.8 Å². The molecule has 0 amide bonds. The molecule has 2 rings (SSSR count). The minimum atomic E-state index is -0.869. The molecule has 92 valence electrons. The fourth-order valence-corrected chi connectivity index (χ4v) is 2.25. The largest absolute Gasteiger partial charge is 0.366 e. The fourth-order valence-electron chi connectivity index (χ4n) is 2.25. The van der Waals surface area contributed by atoms with Gasteiger partial charge in [0.1, 0.15) is 12.2 Å². The molecule has 0 aromatic carbocycles. The first-order valence-electron chi connectivity index (χ1n) is 5.87. The summed E-state index contributed by atoms with van der Waals surface area (Å²) in [5.74, 6) is -0.618. The summed E-state index contributed by atoms with van der Waals surface area (Å²) in [6.07, 6.45) is 4.42. The Bertz CT molecular complexity index is 274. The van der Waals surface area contributed by atoms with E-state index < -0.39 is 12.1 Å². The monoisotopic (exact) mass is 228 g/mol. The number of aliphatic hydroxyl groups is 1. The third-order valence-corrected chi connectivity index (χ3v) is 2.90. The molecule has 2 aliphatic heterocycles. The Kier molecular flexibility index (Phi) is 3.35. The highest BCUT2D eigenvalue weighted by atomic mass is 16.8. The Morgan fingerprint density at radius 2 is 1.88 bits per heavy atom. The number of aliphatic hydroxyl groups excluding tert-OH is 1. The number of rotatable bonds is 3. The second-order valence-corrected chi connectivity index (χ2v) is 4.75. The summed E-state index contributed by atoms with van der Waals surface area (Å²) in [4.78, 5) is 0. The molecule has 0 aromatic heterocycles. The van der Waals surface area contributed by atoms with E-state index in [2.05, 4.69) is 19.1 Å². The lowest BCUT2D eigenvalue weighted by Crippen LogP contribution is -2.29. The van der Waals surface area contributed by atoms with Gasteiger partial charge in [0.05, 0.1) is 6.10 Å². The Morgan fingerprint density at radius 3 is 2.56 bits per heavy atom. The van der Waals surface area contributed by atoms with Crippen LogP contribution in [0.25, 0.3) is 0 Å². The molecule has 0 saturated carbocycles. The molecule has 1 unspecified atom stereocenters. The van der Waals surface area contributed by atoms with Crippen LogP contribution in [-0.2, 0) is 14.2 Å². The lowest BCUT2D eigenvalue weighted by atomic mass is 10.1. The van der Waals surface area contributed by atoms with Crippen molar-refractivity contribution in [3.05, 3.63) is 12.2 Å². The molecule has 2 aliphatic rings. The van der Waals surface area contributed by atoms with Gasteiger partial charge < -0.3 is 19.3 Å². The topological polar surface area (TPSA) is 47.9 Å². The molecule has 0 spiro atoms. The standard InChI is InChI=1S/C12H20O4/c1-4-5-6-7-8-9-10(11(13)14-8)16-12(2,3)15-9/h5-6,8-11,13H,4,7H2,1-3H3/b6-5-/t8-,9-,10-,11?/m1/s1.